The van der Waals surface area contributed by atoms with Gasteiger partial charge in [-0.05, 0) is 60.0 Å². The van der Waals surface area contributed by atoms with Crippen LogP contribution in [-0.4, -0.2) is 20.4 Å². The molecule has 0 saturated carbocycles. The SMILES string of the molecule is CCP(=S)(SP(=S)(S)c1ccc(OC)cc1)c1ccc(OC)cc1. The Balaban J connectivity index is 2.32. The van der Waals surface area contributed by atoms with Crippen molar-refractivity contribution in [3.63, 3.8) is 0 Å². The van der Waals surface area contributed by atoms with Crippen LogP contribution in [0.2, 0.25) is 0 Å². The zero-order valence-corrected chi connectivity index (χ0v) is 18.8. The van der Waals surface area contributed by atoms with E-state index in [0.717, 1.165) is 23.0 Å². The van der Waals surface area contributed by atoms with E-state index in [1.807, 2.05) is 36.4 Å². The van der Waals surface area contributed by atoms with Gasteiger partial charge in [-0.3, -0.25) is 0 Å². The highest BCUT2D eigenvalue weighted by molar-refractivity contribution is 9.15. The molecule has 2 nitrogen and oxygen atoms in total. The fourth-order valence-electron chi connectivity index (χ4n) is 2.09. The molecule has 0 N–H and O–H groups in total. The van der Waals surface area contributed by atoms with Crippen molar-refractivity contribution >= 4 is 67.2 Å². The van der Waals surface area contributed by atoms with E-state index in [1.165, 1.54) is 5.30 Å². The van der Waals surface area contributed by atoms with Crippen molar-refractivity contribution in [3.8, 4) is 11.5 Å². The fourth-order valence-corrected chi connectivity index (χ4v) is 25.7. The van der Waals surface area contributed by atoms with Gasteiger partial charge in [0.25, 0.3) is 0 Å². The molecule has 0 amide bonds. The van der Waals surface area contributed by atoms with Gasteiger partial charge < -0.3 is 9.47 Å². The van der Waals surface area contributed by atoms with Gasteiger partial charge in [0, 0.05) is 10.5 Å². The third-order valence-electron chi connectivity index (χ3n) is 3.52. The molecule has 2 unspecified atom stereocenters. The van der Waals surface area contributed by atoms with Crippen molar-refractivity contribution < 1.29 is 9.47 Å². The standard InChI is InChI=1S/C16H20O2P2S4/c1-4-19(21,15-9-5-13(17-2)6-10-15)24-20(22,23)16-11-7-14(18-3)8-12-16/h5-12H,4H2,1-3H3,(H,22,23). The first-order chi connectivity index (χ1) is 11.3. The maximum absolute atomic E-state index is 6.07. The molecule has 0 aromatic heterocycles. The molecule has 0 aliphatic carbocycles. The Morgan fingerprint density at radius 1 is 0.875 bits per heavy atom. The molecule has 0 bridgehead atoms. The number of rotatable bonds is 7. The van der Waals surface area contributed by atoms with E-state index in [9.17, 15) is 0 Å². The van der Waals surface area contributed by atoms with Gasteiger partial charge in [0.05, 0.1) is 18.7 Å². The Morgan fingerprint density at radius 3 is 1.67 bits per heavy atom. The van der Waals surface area contributed by atoms with Gasteiger partial charge in [-0.15, -0.1) is 12.2 Å². The molecule has 0 heterocycles. The molecule has 0 saturated heterocycles. The molecular formula is C16H20O2P2S4. The van der Waals surface area contributed by atoms with Crippen LogP contribution >= 0.6 is 32.9 Å². The summed E-state index contributed by atoms with van der Waals surface area (Å²) in [4.78, 5) is 0. The third-order valence-corrected chi connectivity index (χ3v) is 23.0. The van der Waals surface area contributed by atoms with Crippen LogP contribution in [0.4, 0.5) is 0 Å². The maximum Gasteiger partial charge on any atom is 0.118 e. The van der Waals surface area contributed by atoms with Crippen LogP contribution in [0, 0.1) is 0 Å². The molecule has 2 aromatic carbocycles. The topological polar surface area (TPSA) is 18.5 Å². The predicted octanol–water partition coefficient (Wildman–Crippen LogP) is 5.04. The summed E-state index contributed by atoms with van der Waals surface area (Å²) in [6.45, 7) is 2.13. The Morgan fingerprint density at radius 2 is 1.29 bits per heavy atom. The lowest BCUT2D eigenvalue weighted by molar-refractivity contribution is 0.415. The molecule has 24 heavy (non-hydrogen) atoms. The average molecular weight is 435 g/mol. The molecule has 0 aliphatic rings. The normalized spacial score (nSPS) is 16.0. The number of methoxy groups -OCH3 is 2. The molecule has 2 atom stereocenters. The van der Waals surface area contributed by atoms with Gasteiger partial charge in [0.2, 0.25) is 0 Å². The number of benzene rings is 2. The Bertz CT molecular complexity index is 776. The molecule has 0 aliphatic heterocycles. The zero-order valence-electron chi connectivity index (χ0n) is 13.7. The summed E-state index contributed by atoms with van der Waals surface area (Å²) in [6.07, 6.45) is 0.897. The minimum Gasteiger partial charge on any atom is -0.497 e. The monoisotopic (exact) mass is 434 g/mol. The van der Waals surface area contributed by atoms with Gasteiger partial charge in [0.15, 0.2) is 0 Å². The largest absolute Gasteiger partial charge is 0.497 e. The maximum atomic E-state index is 6.07. The summed E-state index contributed by atoms with van der Waals surface area (Å²) < 4.78 is 8.36. The first-order valence-electron chi connectivity index (χ1n) is 7.27. The summed E-state index contributed by atoms with van der Waals surface area (Å²) in [5.41, 5.74) is 0. The summed E-state index contributed by atoms with van der Waals surface area (Å²) >= 11 is 18.5. The molecule has 2 aromatic rings. The summed E-state index contributed by atoms with van der Waals surface area (Å²) in [6, 6.07) is 15.9. The summed E-state index contributed by atoms with van der Waals surface area (Å²) in [5.74, 6) is 1.65. The third kappa shape index (κ3) is 4.81. The lowest BCUT2D eigenvalue weighted by Gasteiger charge is -2.26. The number of hydrogen-bond donors (Lipinski definition) is 1. The van der Waals surface area contributed by atoms with Crippen LogP contribution in [0.1, 0.15) is 6.92 Å². The Kier molecular flexibility index (Phi) is 7.31. The fraction of sp³-hybridized carbons (Fsp3) is 0.250. The van der Waals surface area contributed by atoms with Crippen molar-refractivity contribution in [2.45, 2.75) is 6.92 Å². The predicted molar refractivity (Wildman–Crippen MR) is 121 cm³/mol. The number of ether oxygens (including phenoxy) is 2. The smallest absolute Gasteiger partial charge is 0.118 e. The van der Waals surface area contributed by atoms with E-state index in [2.05, 4.69) is 19.1 Å². The second kappa shape index (κ2) is 8.62. The minimum atomic E-state index is -2.09. The number of hydrogen-bond acceptors (Lipinski definition) is 5. The molecule has 0 spiro atoms. The van der Waals surface area contributed by atoms with Crippen LogP contribution < -0.4 is 20.1 Å². The second-order valence-electron chi connectivity index (χ2n) is 4.99. The molecule has 130 valence electrons. The second-order valence-corrected chi connectivity index (χ2v) is 23.0. The first-order valence-corrected chi connectivity index (χ1v) is 16.2. The van der Waals surface area contributed by atoms with E-state index in [0.29, 0.717) is 0 Å². The van der Waals surface area contributed by atoms with Gasteiger partial charge in [-0.1, -0.05) is 41.5 Å². The van der Waals surface area contributed by atoms with Crippen molar-refractivity contribution in [1.82, 2.24) is 0 Å². The minimum absolute atomic E-state index is 0.817. The lowest BCUT2D eigenvalue weighted by atomic mass is 10.3. The Hall–Kier alpha value is 0.0400. The molecular weight excluding hydrogens is 414 g/mol. The Labute approximate surface area is 163 Å². The van der Waals surface area contributed by atoms with Crippen molar-refractivity contribution in [3.05, 3.63) is 48.5 Å². The molecule has 0 fully saturated rings. The zero-order chi connectivity index (χ0) is 17.8. The molecule has 0 radical (unpaired) electrons. The van der Waals surface area contributed by atoms with Crippen LogP contribution in [-0.2, 0) is 23.6 Å². The number of thiol groups is 1. The van der Waals surface area contributed by atoms with E-state index in [-0.39, 0.29) is 0 Å². The van der Waals surface area contributed by atoms with E-state index >= 15 is 0 Å². The lowest BCUT2D eigenvalue weighted by Crippen LogP contribution is -2.05. The summed E-state index contributed by atoms with van der Waals surface area (Å²) in [7, 11) is 3.32. The average Bonchev–Trinajstić information content (AvgIpc) is 2.61. The van der Waals surface area contributed by atoms with E-state index in [4.69, 9.17) is 45.3 Å². The van der Waals surface area contributed by atoms with Gasteiger partial charge in [-0.2, -0.15) is 0 Å². The first kappa shape index (κ1) is 20.4. The van der Waals surface area contributed by atoms with Gasteiger partial charge >= 0.3 is 0 Å². The summed E-state index contributed by atoms with van der Waals surface area (Å²) in [5, 5.41) is 0.371. The molecule has 2 rings (SSSR count). The van der Waals surface area contributed by atoms with Gasteiger partial charge in [0.1, 0.15) is 11.5 Å². The van der Waals surface area contributed by atoms with Crippen LogP contribution in [0.15, 0.2) is 48.5 Å². The highest BCUT2D eigenvalue weighted by Crippen LogP contribution is 2.78. The highest BCUT2D eigenvalue weighted by Gasteiger charge is 2.27. The van der Waals surface area contributed by atoms with Gasteiger partial charge in [-0.25, -0.2) is 0 Å². The van der Waals surface area contributed by atoms with Crippen LogP contribution in [0.25, 0.3) is 0 Å². The molecule has 8 heteroatoms. The highest BCUT2D eigenvalue weighted by atomic mass is 33.4. The van der Waals surface area contributed by atoms with Crippen molar-refractivity contribution in [1.29, 1.82) is 0 Å². The quantitative estimate of drug-likeness (QED) is 0.485. The van der Waals surface area contributed by atoms with Crippen molar-refractivity contribution in [2.75, 3.05) is 20.4 Å². The van der Waals surface area contributed by atoms with E-state index in [1.54, 1.807) is 25.2 Å². The van der Waals surface area contributed by atoms with E-state index < -0.39 is 9.68 Å². The van der Waals surface area contributed by atoms with Crippen molar-refractivity contribution in [2.24, 2.45) is 0 Å². The van der Waals surface area contributed by atoms with Crippen LogP contribution in [0.3, 0.4) is 0 Å². The van der Waals surface area contributed by atoms with Crippen LogP contribution in [0.5, 0.6) is 11.5 Å².